The number of Topliss-reactive ketones (excluding diaryl/α,β-unsaturated/α-hetero) is 1. The van der Waals surface area contributed by atoms with Crippen molar-refractivity contribution in [2.45, 2.75) is 76.6 Å². The van der Waals surface area contributed by atoms with Gasteiger partial charge in [-0.1, -0.05) is 30.2 Å². The molecule has 6 nitrogen and oxygen atoms in total. The van der Waals surface area contributed by atoms with Gasteiger partial charge < -0.3 is 18.6 Å². The molecule has 0 aromatic heterocycles. The van der Waals surface area contributed by atoms with Crippen molar-refractivity contribution in [2.24, 2.45) is 0 Å². The molecule has 0 fully saturated rings. The Labute approximate surface area is 215 Å². The summed E-state index contributed by atoms with van der Waals surface area (Å²) in [6, 6.07) is 5.92. The lowest BCUT2D eigenvalue weighted by Gasteiger charge is -2.36. The lowest BCUT2D eigenvalue weighted by Crippen LogP contribution is -2.42. The minimum Gasteiger partial charge on any atom is -0.493 e. The number of halogens is 1. The van der Waals surface area contributed by atoms with E-state index in [2.05, 4.69) is 24.4 Å². The van der Waals surface area contributed by atoms with Crippen LogP contribution in [0, 0.1) is 0 Å². The average Bonchev–Trinajstić information content (AvgIpc) is 3.03. The molecule has 0 amide bonds. The highest BCUT2D eigenvalue weighted by Gasteiger charge is 2.45. The van der Waals surface area contributed by atoms with Crippen LogP contribution >= 0.6 is 11.6 Å². The number of methoxy groups -OCH3 is 3. The van der Waals surface area contributed by atoms with Crippen LogP contribution in [0.2, 0.25) is 19.6 Å². The van der Waals surface area contributed by atoms with Gasteiger partial charge in [0.25, 0.3) is 0 Å². The minimum absolute atomic E-state index is 0.148. The van der Waals surface area contributed by atoms with Gasteiger partial charge in [0.1, 0.15) is 5.60 Å². The summed E-state index contributed by atoms with van der Waals surface area (Å²) in [5, 5.41) is 0.228. The first kappa shape index (κ1) is 29.1. The van der Waals surface area contributed by atoms with Gasteiger partial charge in [-0.05, 0) is 81.9 Å². The van der Waals surface area contributed by atoms with Crippen molar-refractivity contribution in [3.8, 4) is 11.5 Å². The topological polar surface area (TPSA) is 71.1 Å². The van der Waals surface area contributed by atoms with Gasteiger partial charge >= 0.3 is 5.97 Å². The fourth-order valence-electron chi connectivity index (χ4n) is 4.35. The smallest absolute Gasteiger partial charge is 0.305 e. The molecule has 0 aliphatic heterocycles. The third kappa shape index (κ3) is 8.51. The number of aryl methyl sites for hydroxylation is 1. The summed E-state index contributed by atoms with van der Waals surface area (Å²) in [6.45, 7) is 6.37. The molecule has 1 aromatic carbocycles. The summed E-state index contributed by atoms with van der Waals surface area (Å²) in [6.07, 6.45) is 9.74. The number of hydrogen-bond donors (Lipinski definition) is 0. The summed E-state index contributed by atoms with van der Waals surface area (Å²) in [5.41, 5.74) is 0.966. The Hall–Kier alpha value is -2.09. The van der Waals surface area contributed by atoms with E-state index in [9.17, 15) is 9.59 Å². The third-order valence-corrected chi connectivity index (χ3v) is 7.15. The molecule has 0 radical (unpaired) electrons. The molecule has 0 heterocycles. The normalized spacial score (nSPS) is 19.1. The zero-order chi connectivity index (χ0) is 26.1. The summed E-state index contributed by atoms with van der Waals surface area (Å²) in [5.74, 6) is 1.06. The molecule has 1 aliphatic carbocycles. The quantitative estimate of drug-likeness (QED) is 0.122. The van der Waals surface area contributed by atoms with Gasteiger partial charge in [0.05, 0.1) is 26.4 Å². The molecule has 2 rings (SSSR count). The first-order valence-corrected chi connectivity index (χ1v) is 16.0. The maximum Gasteiger partial charge on any atom is 0.305 e. The number of carbonyl (C=O) groups is 2. The number of unbranched alkanes of at least 4 members (excludes halogenated alkanes) is 3. The summed E-state index contributed by atoms with van der Waals surface area (Å²) in [7, 11) is 2.64. The molecule has 0 N–H and O–H groups in total. The Balaban J connectivity index is 2.14. The zero-order valence-corrected chi connectivity index (χ0v) is 23.6. The number of rotatable bonds is 14. The van der Waals surface area contributed by atoms with E-state index in [-0.39, 0.29) is 16.8 Å². The van der Waals surface area contributed by atoms with E-state index in [1.165, 1.54) is 7.11 Å². The van der Waals surface area contributed by atoms with Crippen molar-refractivity contribution < 1.29 is 28.2 Å². The zero-order valence-electron chi connectivity index (χ0n) is 21.9. The van der Waals surface area contributed by atoms with E-state index in [0.717, 1.165) is 44.1 Å². The summed E-state index contributed by atoms with van der Waals surface area (Å²) < 4.78 is 22.1. The van der Waals surface area contributed by atoms with Crippen molar-refractivity contribution in [3.63, 3.8) is 0 Å². The third-order valence-electron chi connectivity index (χ3n) is 5.89. The number of ketones is 1. The molecular weight excluding hydrogens is 484 g/mol. The molecule has 35 heavy (non-hydrogen) atoms. The fraction of sp³-hybridized carbons (Fsp3) is 0.556. The van der Waals surface area contributed by atoms with E-state index >= 15 is 0 Å². The number of benzene rings is 1. The predicted octanol–water partition coefficient (Wildman–Crippen LogP) is 6.37. The Morgan fingerprint density at radius 1 is 1.03 bits per heavy atom. The van der Waals surface area contributed by atoms with Crippen LogP contribution in [0.25, 0.3) is 0 Å². The molecule has 0 saturated heterocycles. The number of hydrogen-bond acceptors (Lipinski definition) is 6. The van der Waals surface area contributed by atoms with Gasteiger partial charge in [-0.3, -0.25) is 9.59 Å². The first-order chi connectivity index (χ1) is 16.5. The number of allylic oxidation sites excluding steroid dienone is 2. The molecule has 1 aliphatic rings. The Morgan fingerprint density at radius 2 is 1.74 bits per heavy atom. The van der Waals surface area contributed by atoms with E-state index in [4.69, 9.17) is 25.5 Å². The monoisotopic (exact) mass is 522 g/mol. The lowest BCUT2D eigenvalue weighted by molar-refractivity contribution is -0.140. The molecule has 1 atom stereocenters. The molecule has 1 unspecified atom stereocenters. The first-order valence-electron chi connectivity index (χ1n) is 12.2. The van der Waals surface area contributed by atoms with Gasteiger partial charge in [-0.2, -0.15) is 0 Å². The van der Waals surface area contributed by atoms with Crippen LogP contribution in [0.4, 0.5) is 0 Å². The van der Waals surface area contributed by atoms with Crippen LogP contribution in [0.3, 0.4) is 0 Å². The van der Waals surface area contributed by atoms with Crippen LogP contribution in [0.15, 0.2) is 41.0 Å². The standard InChI is InChI=1S/C27H39ClO6Si/c1-31-23-16-15-20(18-24(23)32-2)12-11-17-27(34-35(4,5)6)19-22(28)26(30)21(27)13-9-7-8-10-14-25(29)33-3/h13,15-16,18-19H,7-12,14,17H2,1-6H3. The van der Waals surface area contributed by atoms with Crippen LogP contribution in [-0.2, 0) is 25.2 Å². The average molecular weight is 523 g/mol. The van der Waals surface area contributed by atoms with Gasteiger partial charge in [-0.25, -0.2) is 0 Å². The van der Waals surface area contributed by atoms with Gasteiger partial charge in [0.15, 0.2) is 19.8 Å². The largest absolute Gasteiger partial charge is 0.493 e. The SMILES string of the molecule is COC(=O)CCCCCC=C1C(=O)C(Cl)=CC1(CCCc1ccc(OC)c(OC)c1)O[Si](C)(C)C. The molecular formula is C27H39ClO6Si. The second-order valence-electron chi connectivity index (χ2n) is 9.76. The summed E-state index contributed by atoms with van der Waals surface area (Å²) in [4.78, 5) is 24.3. The van der Waals surface area contributed by atoms with E-state index in [1.807, 2.05) is 30.4 Å². The van der Waals surface area contributed by atoms with Crippen LogP contribution in [-0.4, -0.2) is 47.0 Å². The fourth-order valence-corrected chi connectivity index (χ4v) is 5.99. The van der Waals surface area contributed by atoms with Crippen molar-refractivity contribution >= 4 is 31.7 Å². The number of esters is 1. The van der Waals surface area contributed by atoms with Crippen molar-refractivity contribution in [1.29, 1.82) is 0 Å². The van der Waals surface area contributed by atoms with E-state index in [0.29, 0.717) is 29.9 Å². The van der Waals surface area contributed by atoms with Gasteiger partial charge in [0.2, 0.25) is 5.78 Å². The highest BCUT2D eigenvalue weighted by Crippen LogP contribution is 2.42. The Kier molecular flexibility index (Phi) is 11.1. The van der Waals surface area contributed by atoms with E-state index in [1.54, 1.807) is 14.2 Å². The number of carbonyl (C=O) groups excluding carboxylic acids is 2. The lowest BCUT2D eigenvalue weighted by atomic mass is 9.89. The Bertz CT molecular complexity index is 949. The van der Waals surface area contributed by atoms with Crippen LogP contribution < -0.4 is 9.47 Å². The molecule has 1 aromatic rings. The van der Waals surface area contributed by atoms with Crippen LogP contribution in [0.1, 0.15) is 50.5 Å². The van der Waals surface area contributed by atoms with Crippen molar-refractivity contribution in [3.05, 3.63) is 46.5 Å². The summed E-state index contributed by atoms with van der Waals surface area (Å²) >= 11 is 6.38. The minimum atomic E-state index is -2.01. The van der Waals surface area contributed by atoms with Crippen LogP contribution in [0.5, 0.6) is 11.5 Å². The molecule has 0 spiro atoms. The molecule has 0 saturated carbocycles. The van der Waals surface area contributed by atoms with Crippen molar-refractivity contribution in [1.82, 2.24) is 0 Å². The second kappa shape index (κ2) is 13.3. The number of ether oxygens (including phenoxy) is 3. The maximum absolute atomic E-state index is 13.0. The second-order valence-corrected chi connectivity index (χ2v) is 14.6. The molecule has 0 bridgehead atoms. The molecule has 194 valence electrons. The van der Waals surface area contributed by atoms with Gasteiger partial charge in [-0.15, -0.1) is 0 Å². The highest BCUT2D eigenvalue weighted by atomic mass is 35.5. The maximum atomic E-state index is 13.0. The molecule has 8 heteroatoms. The Morgan fingerprint density at radius 3 is 2.37 bits per heavy atom. The van der Waals surface area contributed by atoms with Gasteiger partial charge in [0, 0.05) is 12.0 Å². The highest BCUT2D eigenvalue weighted by molar-refractivity contribution is 6.70. The van der Waals surface area contributed by atoms with Crippen molar-refractivity contribution in [2.75, 3.05) is 21.3 Å². The predicted molar refractivity (Wildman–Crippen MR) is 142 cm³/mol. The van der Waals surface area contributed by atoms with E-state index < -0.39 is 13.9 Å².